The summed E-state index contributed by atoms with van der Waals surface area (Å²) in [6.07, 6.45) is 2.85. The number of aliphatic hydroxyl groups excluding tert-OH is 1. The van der Waals surface area contributed by atoms with Gasteiger partial charge in [0.2, 0.25) is 0 Å². The van der Waals surface area contributed by atoms with Crippen molar-refractivity contribution in [3.63, 3.8) is 0 Å². The zero-order valence-corrected chi connectivity index (χ0v) is 21.7. The molecule has 1 saturated heterocycles. The highest BCUT2D eigenvalue weighted by Crippen LogP contribution is 2.30. The molecule has 7 heteroatoms. The summed E-state index contributed by atoms with van der Waals surface area (Å²) < 4.78 is 6.16. The van der Waals surface area contributed by atoms with Crippen LogP contribution in [0.5, 0.6) is 5.75 Å². The van der Waals surface area contributed by atoms with Crippen molar-refractivity contribution < 1.29 is 14.6 Å². The van der Waals surface area contributed by atoms with Gasteiger partial charge in [-0.05, 0) is 56.1 Å². The Morgan fingerprint density at radius 3 is 2.69 bits per heavy atom. The molecule has 3 heterocycles. The highest BCUT2D eigenvalue weighted by atomic mass is 16.5. The van der Waals surface area contributed by atoms with Gasteiger partial charge in [-0.2, -0.15) is 0 Å². The number of hydrogen-bond donors (Lipinski definition) is 1. The van der Waals surface area contributed by atoms with Gasteiger partial charge in [-0.15, -0.1) is 0 Å². The zero-order valence-electron chi connectivity index (χ0n) is 21.7. The van der Waals surface area contributed by atoms with Crippen molar-refractivity contribution in [1.29, 1.82) is 0 Å². The Hall–Kier alpha value is -2.61. The summed E-state index contributed by atoms with van der Waals surface area (Å²) in [6, 6.07) is 14.3. The van der Waals surface area contributed by atoms with Crippen molar-refractivity contribution in [1.82, 2.24) is 14.7 Å². The van der Waals surface area contributed by atoms with E-state index in [0.717, 1.165) is 44.0 Å². The Bertz CT molecular complexity index is 1060. The van der Waals surface area contributed by atoms with Crippen molar-refractivity contribution in [3.8, 4) is 5.75 Å². The van der Waals surface area contributed by atoms with E-state index < -0.39 is 6.10 Å². The van der Waals surface area contributed by atoms with Crippen LogP contribution in [0.15, 0.2) is 42.5 Å². The van der Waals surface area contributed by atoms with Crippen LogP contribution in [0.25, 0.3) is 0 Å². The van der Waals surface area contributed by atoms with Crippen molar-refractivity contribution >= 4 is 11.6 Å². The second kappa shape index (κ2) is 11.2. The van der Waals surface area contributed by atoms with Crippen LogP contribution in [-0.2, 0) is 13.0 Å². The van der Waals surface area contributed by atoms with Crippen molar-refractivity contribution in [2.75, 3.05) is 71.4 Å². The monoisotopic (exact) mass is 492 g/mol. The second-order valence-electron chi connectivity index (χ2n) is 10.8. The average molecular weight is 493 g/mol. The third kappa shape index (κ3) is 5.85. The fourth-order valence-corrected chi connectivity index (χ4v) is 5.88. The van der Waals surface area contributed by atoms with E-state index in [1.54, 1.807) is 0 Å². The molecule has 1 amide bonds. The Morgan fingerprint density at radius 2 is 1.86 bits per heavy atom. The normalized spacial score (nSPS) is 22.1. The van der Waals surface area contributed by atoms with Crippen LogP contribution in [0.3, 0.4) is 0 Å². The molecule has 2 aromatic carbocycles. The molecule has 3 aliphatic rings. The molecule has 3 aliphatic heterocycles. The van der Waals surface area contributed by atoms with Crippen molar-refractivity contribution in [2.24, 2.45) is 5.92 Å². The van der Waals surface area contributed by atoms with Crippen LogP contribution >= 0.6 is 0 Å². The van der Waals surface area contributed by atoms with E-state index >= 15 is 0 Å². The highest BCUT2D eigenvalue weighted by Gasteiger charge is 2.28. The third-order valence-corrected chi connectivity index (χ3v) is 7.92. The minimum absolute atomic E-state index is 0.0159. The number of piperidine rings is 1. The van der Waals surface area contributed by atoms with Crippen LogP contribution in [0, 0.1) is 5.92 Å². The fraction of sp³-hybridized carbons (Fsp3) is 0.552. The minimum Gasteiger partial charge on any atom is -0.493 e. The molecule has 0 saturated carbocycles. The number of likely N-dealkylation sites (N-methyl/N-ethyl adjacent to an activating group) is 1. The van der Waals surface area contributed by atoms with Gasteiger partial charge in [0.05, 0.1) is 24.0 Å². The lowest BCUT2D eigenvalue weighted by atomic mass is 9.99. The first-order chi connectivity index (χ1) is 17.5. The summed E-state index contributed by atoms with van der Waals surface area (Å²) in [7, 11) is 4.19. The number of β-amino-alcohol motifs (C(OH)–C–C–N with tert-alkyl or cyclic N) is 1. The number of ether oxygens (including phenoxy) is 1. The molecule has 2 atom stereocenters. The minimum atomic E-state index is -0.581. The number of nitrogens with zero attached hydrogens (tertiary/aromatic N) is 4. The molecule has 0 bridgehead atoms. The number of carbonyl (C=O) groups excluding carboxylic acids is 1. The smallest absolute Gasteiger partial charge is 0.256 e. The first-order valence-corrected chi connectivity index (χ1v) is 13.4. The van der Waals surface area contributed by atoms with Crippen molar-refractivity contribution in [2.45, 2.75) is 31.9 Å². The van der Waals surface area contributed by atoms with Gasteiger partial charge in [0.25, 0.3) is 5.91 Å². The van der Waals surface area contributed by atoms with E-state index in [-0.39, 0.29) is 5.91 Å². The molecule has 1 fully saturated rings. The molecule has 194 valence electrons. The summed E-state index contributed by atoms with van der Waals surface area (Å²) in [6.45, 7) is 6.97. The summed E-state index contributed by atoms with van der Waals surface area (Å²) in [5.74, 6) is 1.35. The number of fused-ring (bicyclic) bond motifs is 2. The molecule has 0 radical (unpaired) electrons. The number of rotatable bonds is 7. The summed E-state index contributed by atoms with van der Waals surface area (Å²) in [5, 5.41) is 10.9. The molecule has 1 unspecified atom stereocenters. The van der Waals surface area contributed by atoms with Gasteiger partial charge in [0.1, 0.15) is 5.75 Å². The lowest BCUT2D eigenvalue weighted by molar-refractivity contribution is 0.0521. The van der Waals surface area contributed by atoms with Gasteiger partial charge in [-0.25, -0.2) is 0 Å². The lowest BCUT2D eigenvalue weighted by Gasteiger charge is -2.32. The number of anilines is 1. The molecular formula is C29H40N4O3. The van der Waals surface area contributed by atoms with E-state index in [2.05, 4.69) is 46.0 Å². The van der Waals surface area contributed by atoms with Gasteiger partial charge >= 0.3 is 0 Å². The number of amides is 1. The van der Waals surface area contributed by atoms with Crippen LogP contribution in [0.1, 0.15) is 34.3 Å². The van der Waals surface area contributed by atoms with Crippen LogP contribution < -0.4 is 9.64 Å². The molecular weight excluding hydrogens is 452 g/mol. The Kier molecular flexibility index (Phi) is 7.79. The molecule has 0 spiro atoms. The molecule has 0 aliphatic carbocycles. The summed E-state index contributed by atoms with van der Waals surface area (Å²) in [5.41, 5.74) is 4.33. The van der Waals surface area contributed by atoms with E-state index in [1.807, 2.05) is 30.1 Å². The first-order valence-electron chi connectivity index (χ1n) is 13.4. The second-order valence-corrected chi connectivity index (χ2v) is 10.8. The van der Waals surface area contributed by atoms with Gasteiger partial charge in [0, 0.05) is 64.8 Å². The van der Waals surface area contributed by atoms with E-state index in [4.69, 9.17) is 4.74 Å². The van der Waals surface area contributed by atoms with Gasteiger partial charge in [-0.3, -0.25) is 9.69 Å². The topological polar surface area (TPSA) is 59.5 Å². The number of hydrogen-bond acceptors (Lipinski definition) is 6. The number of aliphatic hydroxyl groups is 1. The number of benzene rings is 2. The maximum atomic E-state index is 13.5. The number of carbonyl (C=O) groups is 1. The zero-order chi connectivity index (χ0) is 25.1. The van der Waals surface area contributed by atoms with Gasteiger partial charge in [0.15, 0.2) is 0 Å². The summed E-state index contributed by atoms with van der Waals surface area (Å²) in [4.78, 5) is 22.1. The molecule has 0 aromatic heterocycles. The maximum Gasteiger partial charge on any atom is 0.256 e. The summed E-state index contributed by atoms with van der Waals surface area (Å²) >= 11 is 0. The van der Waals surface area contributed by atoms with E-state index in [1.165, 1.54) is 30.5 Å². The Balaban J connectivity index is 1.19. The standard InChI is InChI=1S/C29H40N4O3/c1-30-12-5-6-22(17-30)21-36-26-9-10-27-28(16-26)31(2)14-15-33(29(27)35)20-25(34)19-32-13-11-23-7-3-4-8-24(23)18-32/h3-4,7-10,16,22,25,34H,5-6,11-15,17-21H2,1-2H3/t22?,25-/m1/s1. The predicted octanol–water partition coefficient (Wildman–Crippen LogP) is 2.72. The molecule has 7 nitrogen and oxygen atoms in total. The first kappa shape index (κ1) is 25.1. The Morgan fingerprint density at radius 1 is 1.03 bits per heavy atom. The molecule has 2 aromatic rings. The van der Waals surface area contributed by atoms with Gasteiger partial charge < -0.3 is 24.5 Å². The quantitative estimate of drug-likeness (QED) is 0.642. The molecule has 5 rings (SSSR count). The van der Waals surface area contributed by atoms with E-state index in [9.17, 15) is 9.90 Å². The van der Waals surface area contributed by atoms with E-state index in [0.29, 0.717) is 37.7 Å². The molecule has 36 heavy (non-hydrogen) atoms. The third-order valence-electron chi connectivity index (χ3n) is 7.92. The lowest BCUT2D eigenvalue weighted by Crippen LogP contribution is -2.44. The fourth-order valence-electron chi connectivity index (χ4n) is 5.88. The van der Waals surface area contributed by atoms with Gasteiger partial charge in [-0.1, -0.05) is 24.3 Å². The predicted molar refractivity (Wildman–Crippen MR) is 143 cm³/mol. The van der Waals surface area contributed by atoms with Crippen LogP contribution in [0.2, 0.25) is 0 Å². The van der Waals surface area contributed by atoms with Crippen LogP contribution in [-0.4, -0.2) is 98.3 Å². The molecule has 1 N–H and O–H groups in total. The Labute approximate surface area is 215 Å². The largest absolute Gasteiger partial charge is 0.493 e. The average Bonchev–Trinajstić information content (AvgIpc) is 2.99. The SMILES string of the molecule is CN1CCCC(COc2ccc3c(c2)N(C)CCN(C[C@H](O)CN2CCc4ccccc4C2)C3=O)C1. The maximum absolute atomic E-state index is 13.5. The van der Waals surface area contributed by atoms with Crippen molar-refractivity contribution in [3.05, 3.63) is 59.2 Å². The van der Waals surface area contributed by atoms with Crippen LogP contribution in [0.4, 0.5) is 5.69 Å². The number of likely N-dealkylation sites (tertiary alicyclic amines) is 1. The highest BCUT2D eigenvalue weighted by molar-refractivity contribution is 6.00.